The molecule has 0 bridgehead atoms. The van der Waals surface area contributed by atoms with Crippen LogP contribution in [0.5, 0.6) is 5.75 Å². The first kappa shape index (κ1) is 24.5. The Kier molecular flexibility index (Phi) is 9.66. The molecule has 0 radical (unpaired) electrons. The van der Waals surface area contributed by atoms with Gasteiger partial charge in [-0.2, -0.15) is 5.10 Å². The summed E-state index contributed by atoms with van der Waals surface area (Å²) in [6, 6.07) is 9.45. The zero-order chi connectivity index (χ0) is 22.2. The average Bonchev–Trinajstić information content (AvgIpc) is 2.74. The highest BCUT2D eigenvalue weighted by Crippen LogP contribution is 2.35. The van der Waals surface area contributed by atoms with E-state index in [2.05, 4.69) is 47.7 Å². The molecule has 1 saturated carbocycles. The third kappa shape index (κ3) is 7.75. The molecular formula is C22H23Br2Cl2N3O2. The molecular weight excluding hydrogens is 569 g/mol. The van der Waals surface area contributed by atoms with Crippen molar-refractivity contribution >= 4 is 67.2 Å². The van der Waals surface area contributed by atoms with Crippen LogP contribution in [-0.4, -0.2) is 24.7 Å². The van der Waals surface area contributed by atoms with Crippen molar-refractivity contribution in [1.29, 1.82) is 0 Å². The Morgan fingerprint density at radius 1 is 1.13 bits per heavy atom. The van der Waals surface area contributed by atoms with E-state index in [-0.39, 0.29) is 12.5 Å². The number of ether oxygens (including phenoxy) is 1. The van der Waals surface area contributed by atoms with Crippen LogP contribution in [0, 0.1) is 0 Å². The highest BCUT2D eigenvalue weighted by Gasteiger charge is 2.14. The summed E-state index contributed by atoms with van der Waals surface area (Å²) in [5.74, 6) is 0.489. The minimum atomic E-state index is -0.153. The molecule has 0 unspecified atom stereocenters. The number of rotatable bonds is 8. The van der Waals surface area contributed by atoms with Gasteiger partial charge in [0.15, 0.2) is 0 Å². The average molecular weight is 592 g/mol. The number of hydrogen-bond donors (Lipinski definition) is 2. The van der Waals surface area contributed by atoms with Gasteiger partial charge in [0.1, 0.15) is 12.4 Å². The van der Waals surface area contributed by atoms with Gasteiger partial charge in [0, 0.05) is 21.7 Å². The monoisotopic (exact) mass is 589 g/mol. The summed E-state index contributed by atoms with van der Waals surface area (Å²) in [6.45, 7) is 0.570. The molecule has 0 atom stereocenters. The van der Waals surface area contributed by atoms with Crippen LogP contribution in [0.25, 0.3) is 0 Å². The molecule has 2 N–H and O–H groups in total. The topological polar surface area (TPSA) is 62.7 Å². The molecule has 0 spiro atoms. The van der Waals surface area contributed by atoms with Crippen LogP contribution in [0.2, 0.25) is 10.0 Å². The number of carbonyl (C=O) groups excluding carboxylic acids is 1. The molecule has 0 aromatic heterocycles. The quantitative estimate of drug-likeness (QED) is 0.273. The van der Waals surface area contributed by atoms with Gasteiger partial charge in [-0.15, -0.1) is 0 Å². The number of carbonyl (C=O) groups is 1. The molecule has 31 heavy (non-hydrogen) atoms. The lowest BCUT2D eigenvalue weighted by molar-refractivity contribution is -0.120. The maximum Gasteiger partial charge on any atom is 0.254 e. The fourth-order valence-electron chi connectivity index (χ4n) is 3.34. The molecule has 0 saturated heterocycles. The van der Waals surface area contributed by atoms with Crippen molar-refractivity contribution in [2.45, 2.75) is 44.8 Å². The molecule has 5 nitrogen and oxygen atoms in total. The maximum absolute atomic E-state index is 12.0. The molecule has 0 heterocycles. The fraction of sp³-hybridized carbons (Fsp3) is 0.364. The molecule has 2 aromatic carbocycles. The zero-order valence-electron chi connectivity index (χ0n) is 16.8. The van der Waals surface area contributed by atoms with Crippen molar-refractivity contribution in [3.8, 4) is 5.75 Å². The van der Waals surface area contributed by atoms with Gasteiger partial charge in [0.25, 0.3) is 5.91 Å². The first-order chi connectivity index (χ1) is 14.9. The van der Waals surface area contributed by atoms with Crippen LogP contribution < -0.4 is 15.5 Å². The van der Waals surface area contributed by atoms with E-state index in [1.54, 1.807) is 18.3 Å². The molecule has 3 rings (SSSR count). The number of nitrogens with zero attached hydrogens (tertiary/aromatic N) is 1. The highest BCUT2D eigenvalue weighted by molar-refractivity contribution is 9.11. The minimum absolute atomic E-state index is 0.153. The van der Waals surface area contributed by atoms with Crippen LogP contribution in [0.3, 0.4) is 0 Å². The van der Waals surface area contributed by atoms with Crippen LogP contribution in [0.1, 0.15) is 43.2 Å². The minimum Gasteiger partial charge on any atom is -0.486 e. The van der Waals surface area contributed by atoms with Gasteiger partial charge in [-0.3, -0.25) is 4.79 Å². The second-order valence-corrected chi connectivity index (χ2v) is 9.90. The number of amides is 1. The molecule has 0 aliphatic heterocycles. The van der Waals surface area contributed by atoms with Gasteiger partial charge < -0.3 is 10.1 Å². The third-order valence-corrected chi connectivity index (χ3v) is 6.73. The van der Waals surface area contributed by atoms with Crippen molar-refractivity contribution < 1.29 is 9.53 Å². The molecule has 166 valence electrons. The smallest absolute Gasteiger partial charge is 0.254 e. The van der Waals surface area contributed by atoms with E-state index in [1.165, 1.54) is 19.3 Å². The van der Waals surface area contributed by atoms with Crippen LogP contribution in [-0.2, 0) is 11.4 Å². The predicted octanol–water partition coefficient (Wildman–Crippen LogP) is 6.47. The Balaban J connectivity index is 1.52. The normalized spacial score (nSPS) is 14.7. The maximum atomic E-state index is 12.0. The van der Waals surface area contributed by atoms with Crippen molar-refractivity contribution in [2.75, 3.05) is 6.54 Å². The van der Waals surface area contributed by atoms with Crippen molar-refractivity contribution in [1.82, 2.24) is 10.7 Å². The molecule has 2 aromatic rings. The fourth-order valence-corrected chi connectivity index (χ4v) is 5.26. The first-order valence-electron chi connectivity index (χ1n) is 10.0. The summed E-state index contributed by atoms with van der Waals surface area (Å²) in [4.78, 5) is 12.0. The summed E-state index contributed by atoms with van der Waals surface area (Å²) >= 11 is 19.2. The second kappa shape index (κ2) is 12.2. The Hall–Kier alpha value is -1.12. The molecule has 1 aliphatic carbocycles. The van der Waals surface area contributed by atoms with Gasteiger partial charge in [0.2, 0.25) is 0 Å². The van der Waals surface area contributed by atoms with E-state index in [1.807, 2.05) is 18.2 Å². The summed E-state index contributed by atoms with van der Waals surface area (Å²) in [5.41, 5.74) is 4.20. The highest BCUT2D eigenvalue weighted by atomic mass is 79.9. The van der Waals surface area contributed by atoms with Gasteiger partial charge in [-0.1, -0.05) is 48.5 Å². The first-order valence-corrected chi connectivity index (χ1v) is 12.4. The van der Waals surface area contributed by atoms with E-state index >= 15 is 0 Å². The number of benzene rings is 2. The Bertz CT molecular complexity index is 927. The number of halogens is 4. The van der Waals surface area contributed by atoms with E-state index in [0.29, 0.717) is 28.4 Å². The van der Waals surface area contributed by atoms with Crippen molar-refractivity contribution in [3.05, 3.63) is 60.4 Å². The summed E-state index contributed by atoms with van der Waals surface area (Å²) in [6.07, 6.45) is 7.61. The molecule has 1 amide bonds. The van der Waals surface area contributed by atoms with Gasteiger partial charge in [-0.05, 0) is 74.5 Å². The largest absolute Gasteiger partial charge is 0.486 e. The van der Waals surface area contributed by atoms with Crippen molar-refractivity contribution in [3.63, 3.8) is 0 Å². The van der Waals surface area contributed by atoms with E-state index in [4.69, 9.17) is 27.9 Å². The van der Waals surface area contributed by atoms with Crippen LogP contribution in [0.4, 0.5) is 0 Å². The summed E-state index contributed by atoms with van der Waals surface area (Å²) < 4.78 is 7.42. The zero-order valence-corrected chi connectivity index (χ0v) is 21.5. The standard InChI is InChI=1S/C22H23Br2Cl2N3O2/c23-18-8-14(11-28-29-21(30)12-27-17-4-2-1-3-5-17)9-19(24)22(18)31-13-15-6-7-16(25)10-20(15)26/h6-11,17,27H,1-5,12-13H2,(H,29,30)/b28-11-. The molecule has 1 aliphatic rings. The van der Waals surface area contributed by atoms with Gasteiger partial charge in [-0.25, -0.2) is 5.43 Å². The summed E-state index contributed by atoms with van der Waals surface area (Å²) in [7, 11) is 0. The lowest BCUT2D eigenvalue weighted by atomic mass is 9.95. The lowest BCUT2D eigenvalue weighted by Crippen LogP contribution is -2.38. The van der Waals surface area contributed by atoms with E-state index < -0.39 is 0 Å². The SMILES string of the molecule is O=C(CNC1CCCCC1)N/N=C\c1cc(Br)c(OCc2ccc(Cl)cc2Cl)c(Br)c1. The van der Waals surface area contributed by atoms with E-state index in [9.17, 15) is 4.79 Å². The van der Waals surface area contributed by atoms with Gasteiger partial charge >= 0.3 is 0 Å². The summed E-state index contributed by atoms with van der Waals surface area (Å²) in [5, 5.41) is 8.48. The second-order valence-electron chi connectivity index (χ2n) is 7.35. The van der Waals surface area contributed by atoms with Crippen molar-refractivity contribution in [2.24, 2.45) is 5.10 Å². The van der Waals surface area contributed by atoms with Crippen LogP contribution >= 0.6 is 55.1 Å². The van der Waals surface area contributed by atoms with E-state index in [0.717, 1.165) is 32.9 Å². The number of hydrogen-bond acceptors (Lipinski definition) is 4. The number of nitrogens with one attached hydrogen (secondary N) is 2. The molecule has 1 fully saturated rings. The lowest BCUT2D eigenvalue weighted by Gasteiger charge is -2.22. The predicted molar refractivity (Wildman–Crippen MR) is 133 cm³/mol. The van der Waals surface area contributed by atoms with Gasteiger partial charge in [0.05, 0.1) is 21.7 Å². The Labute approximate surface area is 209 Å². The third-order valence-electron chi connectivity index (χ3n) is 4.97. The number of hydrazone groups is 1. The Morgan fingerprint density at radius 3 is 2.52 bits per heavy atom. The molecule has 9 heteroatoms. The van der Waals surface area contributed by atoms with Crippen LogP contribution in [0.15, 0.2) is 44.4 Å². The Morgan fingerprint density at radius 2 is 1.84 bits per heavy atom.